The number of nitrogens with zero attached hydrogens (tertiary/aromatic N) is 1. The molecule has 142 valence electrons. The molecule has 1 aliphatic heterocycles. The zero-order valence-corrected chi connectivity index (χ0v) is 17.4. The minimum atomic E-state index is -0.860. The van der Waals surface area contributed by atoms with Gasteiger partial charge >= 0.3 is 0 Å². The van der Waals surface area contributed by atoms with E-state index in [1.165, 1.54) is 0 Å². The third-order valence-electron chi connectivity index (χ3n) is 4.92. The van der Waals surface area contributed by atoms with Crippen molar-refractivity contribution in [2.75, 3.05) is 18.1 Å². The Balaban J connectivity index is 1.72. The molecule has 7 heteroatoms. The number of rotatable bonds is 5. The molecule has 1 saturated heterocycles. The van der Waals surface area contributed by atoms with Crippen molar-refractivity contribution >= 4 is 52.5 Å². The van der Waals surface area contributed by atoms with Crippen molar-refractivity contribution in [3.05, 3.63) is 58.1 Å². The first-order chi connectivity index (χ1) is 12.8. The fraction of sp³-hybridized carbons (Fsp3) is 0.300. The normalized spacial score (nSPS) is 18.7. The summed E-state index contributed by atoms with van der Waals surface area (Å²) < 4.78 is 0. The number of nitrogens with one attached hydrogen (secondary N) is 1. The van der Waals surface area contributed by atoms with Gasteiger partial charge in [0.15, 0.2) is 0 Å². The van der Waals surface area contributed by atoms with Gasteiger partial charge in [-0.15, -0.1) is 11.8 Å². The lowest BCUT2D eigenvalue weighted by Crippen LogP contribution is -2.66. The molecule has 0 radical (unpaired) electrons. The number of thioether (sulfide) groups is 1. The molecule has 4 nitrogen and oxygen atoms in total. The van der Waals surface area contributed by atoms with Crippen LogP contribution in [-0.2, 0) is 16.0 Å². The molecule has 27 heavy (non-hydrogen) atoms. The van der Waals surface area contributed by atoms with Crippen LogP contribution in [0.5, 0.6) is 0 Å². The quantitative estimate of drug-likeness (QED) is 0.697. The second-order valence-corrected chi connectivity index (χ2v) is 8.33. The first kappa shape index (κ1) is 20.1. The molecule has 2 aromatic carbocycles. The van der Waals surface area contributed by atoms with E-state index in [4.69, 9.17) is 23.2 Å². The second-order valence-electron chi connectivity index (χ2n) is 6.64. The van der Waals surface area contributed by atoms with Crippen LogP contribution in [0, 0.1) is 0 Å². The van der Waals surface area contributed by atoms with Crippen LogP contribution in [0.25, 0.3) is 0 Å². The zero-order chi connectivity index (χ0) is 19.6. The highest BCUT2D eigenvalue weighted by Crippen LogP contribution is 2.34. The summed E-state index contributed by atoms with van der Waals surface area (Å²) in [4.78, 5) is 28.3. The first-order valence-corrected chi connectivity index (χ1v) is 10.5. The molecular formula is C20H20Cl2N2O2S. The van der Waals surface area contributed by atoms with Gasteiger partial charge in [-0.25, -0.2) is 0 Å². The Morgan fingerprint density at radius 1 is 1.22 bits per heavy atom. The maximum Gasteiger partial charge on any atom is 0.250 e. The Morgan fingerprint density at radius 3 is 2.59 bits per heavy atom. The van der Waals surface area contributed by atoms with Gasteiger partial charge in [0.25, 0.3) is 0 Å². The van der Waals surface area contributed by atoms with E-state index in [0.29, 0.717) is 28.6 Å². The molecule has 1 atom stereocenters. The summed E-state index contributed by atoms with van der Waals surface area (Å²) in [5.74, 6) is -0.299. The molecule has 1 aliphatic rings. The van der Waals surface area contributed by atoms with Gasteiger partial charge in [0.2, 0.25) is 11.8 Å². The van der Waals surface area contributed by atoms with E-state index in [2.05, 4.69) is 5.32 Å². The topological polar surface area (TPSA) is 49.4 Å². The molecule has 0 saturated carbocycles. The predicted molar refractivity (Wildman–Crippen MR) is 112 cm³/mol. The summed E-state index contributed by atoms with van der Waals surface area (Å²) in [6, 6.07) is 12.7. The van der Waals surface area contributed by atoms with Crippen molar-refractivity contribution in [1.29, 1.82) is 0 Å². The molecule has 0 bridgehead atoms. The first-order valence-electron chi connectivity index (χ1n) is 8.54. The van der Waals surface area contributed by atoms with Gasteiger partial charge < -0.3 is 10.2 Å². The van der Waals surface area contributed by atoms with Crippen LogP contribution in [0.2, 0.25) is 10.0 Å². The van der Waals surface area contributed by atoms with E-state index < -0.39 is 5.54 Å². The fourth-order valence-corrected chi connectivity index (χ4v) is 4.15. The molecule has 2 aromatic rings. The summed E-state index contributed by atoms with van der Waals surface area (Å²) >= 11 is 13.7. The van der Waals surface area contributed by atoms with Crippen LogP contribution in [0.3, 0.4) is 0 Å². The van der Waals surface area contributed by atoms with Gasteiger partial charge in [-0.2, -0.15) is 0 Å². The Bertz CT molecular complexity index is 890. The standard InChI is InChI=1S/C20H20Cl2N2O2S/c1-20(19(26)23-16-5-3-4-6-17(16)27-2)9-10-24(20)18(25)11-13-7-8-14(21)12-15(13)22/h3-8,12H,9-11H2,1-2H3,(H,23,26). The summed E-state index contributed by atoms with van der Waals surface area (Å²) in [6.07, 6.45) is 2.72. The van der Waals surface area contributed by atoms with Crippen LogP contribution in [0.1, 0.15) is 18.9 Å². The number of benzene rings is 2. The van der Waals surface area contributed by atoms with E-state index in [0.717, 1.165) is 10.6 Å². The van der Waals surface area contributed by atoms with Crippen molar-refractivity contribution in [2.24, 2.45) is 0 Å². The highest BCUT2D eigenvalue weighted by molar-refractivity contribution is 7.98. The average molecular weight is 423 g/mol. The lowest BCUT2D eigenvalue weighted by atomic mass is 9.84. The van der Waals surface area contributed by atoms with E-state index in [-0.39, 0.29) is 18.2 Å². The Labute approximate surface area is 173 Å². The van der Waals surface area contributed by atoms with Crippen molar-refractivity contribution in [3.8, 4) is 0 Å². The van der Waals surface area contributed by atoms with Gasteiger partial charge in [0, 0.05) is 21.5 Å². The molecule has 0 aliphatic carbocycles. The third kappa shape index (κ3) is 4.10. The highest BCUT2D eigenvalue weighted by Gasteiger charge is 2.49. The van der Waals surface area contributed by atoms with Crippen molar-refractivity contribution in [2.45, 2.75) is 30.2 Å². The number of likely N-dealkylation sites (tertiary alicyclic amines) is 1. The molecular weight excluding hydrogens is 403 g/mol. The van der Waals surface area contributed by atoms with Crippen molar-refractivity contribution < 1.29 is 9.59 Å². The van der Waals surface area contributed by atoms with Gasteiger partial charge in [-0.1, -0.05) is 41.4 Å². The largest absolute Gasteiger partial charge is 0.328 e. The molecule has 1 heterocycles. The zero-order valence-electron chi connectivity index (χ0n) is 15.1. The van der Waals surface area contributed by atoms with Crippen LogP contribution in [0.15, 0.2) is 47.4 Å². The van der Waals surface area contributed by atoms with Crippen LogP contribution in [0.4, 0.5) is 5.69 Å². The summed E-state index contributed by atoms with van der Waals surface area (Å²) in [5, 5.41) is 3.95. The van der Waals surface area contributed by atoms with E-state index >= 15 is 0 Å². The number of carbonyl (C=O) groups is 2. The lowest BCUT2D eigenvalue weighted by molar-refractivity contribution is -0.154. The highest BCUT2D eigenvalue weighted by atomic mass is 35.5. The summed E-state index contributed by atoms with van der Waals surface area (Å²) in [5.41, 5.74) is 0.603. The predicted octanol–water partition coefficient (Wildman–Crippen LogP) is 4.89. The lowest BCUT2D eigenvalue weighted by Gasteiger charge is -2.49. The minimum Gasteiger partial charge on any atom is -0.328 e. The fourth-order valence-electron chi connectivity index (χ4n) is 3.12. The van der Waals surface area contributed by atoms with E-state index in [1.54, 1.807) is 41.8 Å². The number of para-hydroxylation sites is 1. The summed E-state index contributed by atoms with van der Waals surface area (Å²) in [7, 11) is 0. The molecule has 1 fully saturated rings. The number of amides is 2. The smallest absolute Gasteiger partial charge is 0.250 e. The molecule has 0 aromatic heterocycles. The van der Waals surface area contributed by atoms with E-state index in [9.17, 15) is 9.59 Å². The number of hydrogen-bond donors (Lipinski definition) is 1. The SMILES string of the molecule is CSc1ccccc1NC(=O)C1(C)CCN1C(=O)Cc1ccc(Cl)cc1Cl. The second kappa shape index (κ2) is 8.13. The maximum atomic E-state index is 12.9. The van der Waals surface area contributed by atoms with Crippen LogP contribution in [-0.4, -0.2) is 35.1 Å². The Morgan fingerprint density at radius 2 is 1.96 bits per heavy atom. The summed E-state index contributed by atoms with van der Waals surface area (Å²) in [6.45, 7) is 2.35. The van der Waals surface area contributed by atoms with Crippen molar-refractivity contribution in [1.82, 2.24) is 4.90 Å². The van der Waals surface area contributed by atoms with Gasteiger partial charge in [-0.3, -0.25) is 9.59 Å². The number of anilines is 1. The molecule has 0 spiro atoms. The third-order valence-corrected chi connectivity index (χ3v) is 6.30. The molecule has 1 N–H and O–H groups in total. The molecule has 1 unspecified atom stereocenters. The maximum absolute atomic E-state index is 12.9. The van der Waals surface area contributed by atoms with Gasteiger partial charge in [0.05, 0.1) is 12.1 Å². The monoisotopic (exact) mass is 422 g/mol. The molecule has 2 amide bonds. The number of halogens is 2. The van der Waals surface area contributed by atoms with Gasteiger partial charge in [-0.05, 0) is 49.4 Å². The Hall–Kier alpha value is -1.69. The average Bonchev–Trinajstić information content (AvgIpc) is 2.62. The van der Waals surface area contributed by atoms with Crippen LogP contribution < -0.4 is 5.32 Å². The minimum absolute atomic E-state index is 0.124. The van der Waals surface area contributed by atoms with E-state index in [1.807, 2.05) is 30.5 Å². The van der Waals surface area contributed by atoms with Crippen LogP contribution >= 0.6 is 35.0 Å². The van der Waals surface area contributed by atoms with Gasteiger partial charge in [0.1, 0.15) is 5.54 Å². The molecule has 3 rings (SSSR count). The Kier molecular flexibility index (Phi) is 6.04. The van der Waals surface area contributed by atoms with Crippen molar-refractivity contribution in [3.63, 3.8) is 0 Å². The number of hydrogen-bond acceptors (Lipinski definition) is 3. The number of carbonyl (C=O) groups excluding carboxylic acids is 2.